The first kappa shape index (κ1) is 32.5. The van der Waals surface area contributed by atoms with Crippen LogP contribution in [0.3, 0.4) is 0 Å². The van der Waals surface area contributed by atoms with Crippen LogP contribution >= 0.6 is 0 Å². The highest BCUT2D eigenvalue weighted by Crippen LogP contribution is 2.12. The van der Waals surface area contributed by atoms with Gasteiger partial charge in [0.05, 0.1) is 39.5 Å². The molecule has 0 atom stereocenters. The number of ether oxygens (including phenoxy) is 4. The van der Waals surface area contributed by atoms with Crippen LogP contribution in [-0.2, 0) is 33.3 Å². The molecule has 0 rings (SSSR count). The van der Waals surface area contributed by atoms with Gasteiger partial charge in [-0.1, -0.05) is 84.0 Å². The van der Waals surface area contributed by atoms with Crippen molar-refractivity contribution < 1.29 is 38.4 Å². The smallest absolute Gasteiger partial charge is 0.372 e. The van der Waals surface area contributed by atoms with E-state index in [9.17, 15) is 14.4 Å². The Balaban J connectivity index is 3.14. The van der Waals surface area contributed by atoms with Crippen LogP contribution in [0.15, 0.2) is 0 Å². The number of carbonyl (C=O) groups is 3. The maximum atomic E-state index is 11.3. The highest BCUT2D eigenvalue weighted by Gasteiger charge is 2.14. The lowest BCUT2D eigenvalue weighted by molar-refractivity contribution is -0.151. The van der Waals surface area contributed by atoms with Crippen molar-refractivity contribution in [2.75, 3.05) is 46.2 Å². The van der Waals surface area contributed by atoms with Gasteiger partial charge in [-0.3, -0.25) is 9.59 Å². The molecule has 200 valence electrons. The van der Waals surface area contributed by atoms with E-state index in [1.165, 1.54) is 77.0 Å². The molecule has 0 aromatic carbocycles. The quantitative estimate of drug-likeness (QED) is 0.0966. The number of unbranched alkanes of at least 4 members (excludes halogenated alkanes) is 12. The molecule has 0 aliphatic heterocycles. The fraction of sp³-hybridized carbons (Fsp3) is 0.885. The normalized spacial score (nSPS) is 11.0. The average Bonchev–Trinajstić information content (AvgIpc) is 2.82. The minimum absolute atomic E-state index is 0.0579. The van der Waals surface area contributed by atoms with E-state index in [1.807, 2.05) is 0 Å². The lowest BCUT2D eigenvalue weighted by Crippen LogP contribution is -2.17. The Bertz CT molecular complexity index is 495. The summed E-state index contributed by atoms with van der Waals surface area (Å²) in [5.41, 5.74) is 0. The molecule has 0 aliphatic rings. The van der Waals surface area contributed by atoms with E-state index in [0.29, 0.717) is 26.4 Å². The third kappa shape index (κ3) is 25.1. The molecule has 0 saturated carbocycles. The van der Waals surface area contributed by atoms with Crippen LogP contribution < -0.4 is 0 Å². The minimum Gasteiger partial charge on any atom is -0.476 e. The van der Waals surface area contributed by atoms with Crippen molar-refractivity contribution in [3.8, 4) is 0 Å². The summed E-state index contributed by atoms with van der Waals surface area (Å²) in [4.78, 5) is 32.5. The van der Waals surface area contributed by atoms with Crippen LogP contribution in [0, 0.1) is 0 Å². The first-order valence-corrected chi connectivity index (χ1v) is 13.2. The molecule has 0 aliphatic carbocycles. The summed E-state index contributed by atoms with van der Waals surface area (Å²) in [5.74, 6) is -3.16. The monoisotopic (exact) mass is 488 g/mol. The van der Waals surface area contributed by atoms with E-state index in [1.54, 1.807) is 0 Å². The van der Waals surface area contributed by atoms with E-state index in [2.05, 4.69) is 6.92 Å². The summed E-state index contributed by atoms with van der Waals surface area (Å²) in [6.07, 6.45) is 16.9. The van der Waals surface area contributed by atoms with Gasteiger partial charge < -0.3 is 24.1 Å². The molecule has 0 aromatic rings. The number of carboxylic acids is 1. The Kier molecular flexibility index (Phi) is 24.9. The molecule has 0 radical (unpaired) electrons. The highest BCUT2D eigenvalue weighted by atomic mass is 16.6. The predicted octanol–water partition coefficient (Wildman–Crippen LogP) is 5.10. The SMILES string of the molecule is CCCCCCCCCCCCCCCOCCOCCOCCOC(=O)CCC(=O)C(=O)O. The van der Waals surface area contributed by atoms with Crippen LogP contribution in [-0.4, -0.2) is 69.1 Å². The summed E-state index contributed by atoms with van der Waals surface area (Å²) in [6.45, 7) is 5.23. The zero-order chi connectivity index (χ0) is 25.1. The number of ketones is 1. The topological polar surface area (TPSA) is 108 Å². The Morgan fingerprint density at radius 1 is 0.529 bits per heavy atom. The van der Waals surface area contributed by atoms with Gasteiger partial charge in [0.1, 0.15) is 6.61 Å². The molecular formula is C26H48O8. The average molecular weight is 489 g/mol. The van der Waals surface area contributed by atoms with Crippen LogP contribution in [0.25, 0.3) is 0 Å². The zero-order valence-electron chi connectivity index (χ0n) is 21.4. The Morgan fingerprint density at radius 2 is 0.941 bits per heavy atom. The molecule has 0 aromatic heterocycles. The van der Waals surface area contributed by atoms with Crippen molar-refractivity contribution in [1.82, 2.24) is 0 Å². The van der Waals surface area contributed by atoms with Crippen molar-refractivity contribution in [3.63, 3.8) is 0 Å². The van der Waals surface area contributed by atoms with Crippen molar-refractivity contribution in [2.45, 2.75) is 103 Å². The second-order valence-corrected chi connectivity index (χ2v) is 8.53. The molecule has 8 nitrogen and oxygen atoms in total. The van der Waals surface area contributed by atoms with Gasteiger partial charge >= 0.3 is 11.9 Å². The second kappa shape index (κ2) is 26.1. The number of rotatable bonds is 27. The van der Waals surface area contributed by atoms with Crippen molar-refractivity contribution in [1.29, 1.82) is 0 Å². The van der Waals surface area contributed by atoms with E-state index in [4.69, 9.17) is 24.1 Å². The Hall–Kier alpha value is -1.51. The molecule has 0 spiro atoms. The molecule has 0 unspecified atom stereocenters. The number of Topliss-reactive ketones (excluding diaryl/α,β-unsaturated/α-hetero) is 1. The predicted molar refractivity (Wildman–Crippen MR) is 131 cm³/mol. The molecule has 0 saturated heterocycles. The molecule has 0 heterocycles. The third-order valence-corrected chi connectivity index (χ3v) is 5.42. The summed E-state index contributed by atoms with van der Waals surface area (Å²) >= 11 is 0. The number of hydrogen-bond donors (Lipinski definition) is 1. The summed E-state index contributed by atoms with van der Waals surface area (Å²) < 4.78 is 21.1. The second-order valence-electron chi connectivity index (χ2n) is 8.53. The summed E-state index contributed by atoms with van der Waals surface area (Å²) in [6, 6.07) is 0. The van der Waals surface area contributed by atoms with Gasteiger partial charge in [-0.15, -0.1) is 0 Å². The lowest BCUT2D eigenvalue weighted by Gasteiger charge is -2.07. The van der Waals surface area contributed by atoms with Crippen LogP contribution in [0.4, 0.5) is 0 Å². The molecular weight excluding hydrogens is 440 g/mol. The first-order chi connectivity index (χ1) is 16.6. The first-order valence-electron chi connectivity index (χ1n) is 13.2. The fourth-order valence-electron chi connectivity index (χ4n) is 3.37. The van der Waals surface area contributed by atoms with Crippen LogP contribution in [0.5, 0.6) is 0 Å². The number of carboxylic acid groups (broad SMARTS) is 1. The van der Waals surface area contributed by atoms with Gasteiger partial charge in [-0.2, -0.15) is 0 Å². The lowest BCUT2D eigenvalue weighted by atomic mass is 10.0. The fourth-order valence-corrected chi connectivity index (χ4v) is 3.37. The van der Waals surface area contributed by atoms with Gasteiger partial charge in [0.2, 0.25) is 5.78 Å². The molecule has 0 bridgehead atoms. The van der Waals surface area contributed by atoms with Crippen molar-refractivity contribution in [3.05, 3.63) is 0 Å². The number of aliphatic carboxylic acids is 1. The molecule has 0 amide bonds. The molecule has 8 heteroatoms. The van der Waals surface area contributed by atoms with E-state index >= 15 is 0 Å². The number of esters is 1. The Labute approximate surface area is 206 Å². The summed E-state index contributed by atoms with van der Waals surface area (Å²) in [5, 5.41) is 8.42. The van der Waals surface area contributed by atoms with Gasteiger partial charge in [0.15, 0.2) is 0 Å². The standard InChI is InChI=1S/C26H48O8/c1-2-3-4-5-6-7-8-9-10-11-12-13-14-17-31-18-19-32-20-21-33-22-23-34-25(28)16-15-24(27)26(29)30/h2-23H2,1H3,(H,29,30). The number of carbonyl (C=O) groups excluding carboxylic acids is 2. The third-order valence-electron chi connectivity index (χ3n) is 5.42. The van der Waals surface area contributed by atoms with Crippen LogP contribution in [0.1, 0.15) is 103 Å². The molecule has 1 N–H and O–H groups in total. The van der Waals surface area contributed by atoms with Crippen molar-refractivity contribution >= 4 is 17.7 Å². The Morgan fingerprint density at radius 3 is 1.41 bits per heavy atom. The number of hydrogen-bond acceptors (Lipinski definition) is 7. The zero-order valence-corrected chi connectivity index (χ0v) is 21.4. The molecule has 34 heavy (non-hydrogen) atoms. The van der Waals surface area contributed by atoms with E-state index in [0.717, 1.165) is 13.0 Å². The maximum absolute atomic E-state index is 11.3. The van der Waals surface area contributed by atoms with E-state index < -0.39 is 17.7 Å². The minimum atomic E-state index is -1.54. The van der Waals surface area contributed by atoms with Gasteiger partial charge in [0, 0.05) is 13.0 Å². The van der Waals surface area contributed by atoms with Crippen LogP contribution in [0.2, 0.25) is 0 Å². The van der Waals surface area contributed by atoms with E-state index in [-0.39, 0.29) is 26.1 Å². The summed E-state index contributed by atoms with van der Waals surface area (Å²) in [7, 11) is 0. The highest BCUT2D eigenvalue weighted by molar-refractivity contribution is 6.32. The van der Waals surface area contributed by atoms with Gasteiger partial charge in [-0.05, 0) is 6.42 Å². The maximum Gasteiger partial charge on any atom is 0.372 e. The molecule has 0 fully saturated rings. The largest absolute Gasteiger partial charge is 0.476 e. The van der Waals surface area contributed by atoms with Crippen molar-refractivity contribution in [2.24, 2.45) is 0 Å². The van der Waals surface area contributed by atoms with Gasteiger partial charge in [0.25, 0.3) is 0 Å². The van der Waals surface area contributed by atoms with Gasteiger partial charge in [-0.25, -0.2) is 4.79 Å².